The first-order chi connectivity index (χ1) is 8.08. The van der Waals surface area contributed by atoms with Gasteiger partial charge in [-0.2, -0.15) is 0 Å². The molecule has 0 atom stereocenters. The van der Waals surface area contributed by atoms with Crippen LogP contribution in [0.5, 0.6) is 0 Å². The molecule has 3 heteroatoms. The van der Waals surface area contributed by atoms with Crippen LogP contribution in [0.3, 0.4) is 0 Å². The molecule has 1 aromatic carbocycles. The molecule has 0 bridgehead atoms. The van der Waals surface area contributed by atoms with E-state index in [1.54, 1.807) is 18.2 Å². The molecule has 0 aliphatic rings. The highest BCUT2D eigenvalue weighted by Gasteiger charge is 1.97. The van der Waals surface area contributed by atoms with Gasteiger partial charge in [-0.3, -0.25) is 4.79 Å². The van der Waals surface area contributed by atoms with Gasteiger partial charge < -0.3 is 5.32 Å². The highest BCUT2D eigenvalue weighted by Crippen LogP contribution is 2.04. The smallest absolute Gasteiger partial charge is 0.243 e. The van der Waals surface area contributed by atoms with Crippen LogP contribution < -0.4 is 5.32 Å². The molecule has 1 amide bonds. The summed E-state index contributed by atoms with van der Waals surface area (Å²) in [5.74, 6) is 0.190. The Hall–Kier alpha value is -1.64. The second-order valence-electron chi connectivity index (χ2n) is 4.36. The third kappa shape index (κ3) is 5.85. The molecule has 0 aromatic heterocycles. The number of benzene rings is 1. The van der Waals surface area contributed by atoms with E-state index in [1.807, 2.05) is 0 Å². The molecule has 0 radical (unpaired) electrons. The first kappa shape index (κ1) is 13.4. The lowest BCUT2D eigenvalue weighted by Crippen LogP contribution is -2.23. The Kier molecular flexibility index (Phi) is 5.40. The van der Waals surface area contributed by atoms with Crippen molar-refractivity contribution in [1.82, 2.24) is 5.32 Å². The van der Waals surface area contributed by atoms with Crippen molar-refractivity contribution in [3.63, 3.8) is 0 Å². The lowest BCUT2D eigenvalue weighted by Gasteiger charge is -2.04. The molecular formula is C14H18FNO. The van der Waals surface area contributed by atoms with Gasteiger partial charge in [0.1, 0.15) is 5.82 Å². The molecular weight excluding hydrogens is 217 g/mol. The second kappa shape index (κ2) is 6.84. The summed E-state index contributed by atoms with van der Waals surface area (Å²) in [6, 6.07) is 6.01. The number of hydrogen-bond donors (Lipinski definition) is 1. The number of hydrogen-bond acceptors (Lipinski definition) is 1. The van der Waals surface area contributed by atoms with Crippen LogP contribution in [0.4, 0.5) is 4.39 Å². The van der Waals surface area contributed by atoms with Gasteiger partial charge in [0.2, 0.25) is 5.91 Å². The van der Waals surface area contributed by atoms with Crippen LogP contribution in [-0.2, 0) is 4.79 Å². The van der Waals surface area contributed by atoms with Crippen molar-refractivity contribution in [3.8, 4) is 0 Å². The highest BCUT2D eigenvalue weighted by atomic mass is 19.1. The standard InChI is InChI=1S/C14H18FNO/c1-11(2)9-10-16-14(17)8-5-12-3-6-13(15)7-4-12/h3-8,11H,9-10H2,1-2H3,(H,16,17). The van der Waals surface area contributed by atoms with E-state index in [2.05, 4.69) is 19.2 Å². The van der Waals surface area contributed by atoms with E-state index < -0.39 is 0 Å². The predicted molar refractivity (Wildman–Crippen MR) is 67.9 cm³/mol. The molecule has 0 saturated carbocycles. The Morgan fingerprint density at radius 3 is 2.59 bits per heavy atom. The molecule has 92 valence electrons. The maximum Gasteiger partial charge on any atom is 0.243 e. The largest absolute Gasteiger partial charge is 0.353 e. The number of carbonyl (C=O) groups excluding carboxylic acids is 1. The van der Waals surface area contributed by atoms with Crippen LogP contribution in [0.25, 0.3) is 6.08 Å². The molecule has 0 spiro atoms. The molecule has 1 N–H and O–H groups in total. The summed E-state index contributed by atoms with van der Waals surface area (Å²) in [5.41, 5.74) is 0.811. The van der Waals surface area contributed by atoms with Crippen LogP contribution in [0.2, 0.25) is 0 Å². The van der Waals surface area contributed by atoms with E-state index in [1.165, 1.54) is 18.2 Å². The van der Waals surface area contributed by atoms with E-state index in [4.69, 9.17) is 0 Å². The normalized spacial score (nSPS) is 11.1. The maximum atomic E-state index is 12.6. The van der Waals surface area contributed by atoms with Gasteiger partial charge in [0.05, 0.1) is 0 Å². The molecule has 17 heavy (non-hydrogen) atoms. The fraction of sp³-hybridized carbons (Fsp3) is 0.357. The van der Waals surface area contributed by atoms with Gasteiger partial charge in [0.15, 0.2) is 0 Å². The molecule has 1 rings (SSSR count). The minimum absolute atomic E-state index is 0.116. The molecule has 0 aliphatic heterocycles. The Morgan fingerprint density at radius 2 is 2.00 bits per heavy atom. The van der Waals surface area contributed by atoms with Crippen molar-refractivity contribution in [2.75, 3.05) is 6.54 Å². The van der Waals surface area contributed by atoms with Crippen molar-refractivity contribution in [1.29, 1.82) is 0 Å². The molecule has 0 unspecified atom stereocenters. The average Bonchev–Trinajstić information content (AvgIpc) is 2.28. The summed E-state index contributed by atoms with van der Waals surface area (Å²) >= 11 is 0. The third-order valence-corrected chi connectivity index (χ3v) is 2.32. The Balaban J connectivity index is 2.37. The zero-order valence-electron chi connectivity index (χ0n) is 10.2. The summed E-state index contributed by atoms with van der Waals surface area (Å²) in [5, 5.41) is 2.80. The molecule has 0 heterocycles. The summed E-state index contributed by atoms with van der Waals surface area (Å²) in [4.78, 5) is 11.4. The van der Waals surface area contributed by atoms with Gasteiger partial charge >= 0.3 is 0 Å². The van der Waals surface area contributed by atoms with E-state index in [-0.39, 0.29) is 11.7 Å². The zero-order chi connectivity index (χ0) is 12.7. The molecule has 0 aliphatic carbocycles. The first-order valence-corrected chi connectivity index (χ1v) is 5.79. The van der Waals surface area contributed by atoms with Gasteiger partial charge in [-0.05, 0) is 36.1 Å². The summed E-state index contributed by atoms with van der Waals surface area (Å²) in [6.07, 6.45) is 4.11. The number of rotatable bonds is 5. The van der Waals surface area contributed by atoms with Crippen molar-refractivity contribution >= 4 is 12.0 Å². The van der Waals surface area contributed by atoms with Gasteiger partial charge in [-0.15, -0.1) is 0 Å². The molecule has 0 saturated heterocycles. The topological polar surface area (TPSA) is 29.1 Å². The minimum atomic E-state index is -0.275. The lowest BCUT2D eigenvalue weighted by molar-refractivity contribution is -0.116. The quantitative estimate of drug-likeness (QED) is 0.781. The predicted octanol–water partition coefficient (Wildman–Crippen LogP) is 3.00. The summed E-state index contributed by atoms with van der Waals surface area (Å²) < 4.78 is 12.6. The van der Waals surface area contributed by atoms with E-state index in [0.29, 0.717) is 12.5 Å². The van der Waals surface area contributed by atoms with Gasteiger partial charge in [0.25, 0.3) is 0 Å². The number of amides is 1. The highest BCUT2D eigenvalue weighted by molar-refractivity contribution is 5.91. The number of nitrogens with one attached hydrogen (secondary N) is 1. The molecule has 0 fully saturated rings. The Labute approximate surface area is 102 Å². The van der Waals surface area contributed by atoms with Gasteiger partial charge in [0, 0.05) is 12.6 Å². The van der Waals surface area contributed by atoms with E-state index in [9.17, 15) is 9.18 Å². The van der Waals surface area contributed by atoms with Gasteiger partial charge in [-0.25, -0.2) is 4.39 Å². The van der Waals surface area contributed by atoms with Crippen LogP contribution in [0.1, 0.15) is 25.8 Å². The summed E-state index contributed by atoms with van der Waals surface area (Å²) in [7, 11) is 0. The lowest BCUT2D eigenvalue weighted by atomic mass is 10.1. The van der Waals surface area contributed by atoms with Gasteiger partial charge in [-0.1, -0.05) is 26.0 Å². The zero-order valence-corrected chi connectivity index (χ0v) is 10.2. The van der Waals surface area contributed by atoms with Crippen molar-refractivity contribution in [2.45, 2.75) is 20.3 Å². The minimum Gasteiger partial charge on any atom is -0.353 e. The SMILES string of the molecule is CC(C)CCNC(=O)C=Cc1ccc(F)cc1. The van der Waals surface area contributed by atoms with Crippen LogP contribution in [0, 0.1) is 11.7 Å². The maximum absolute atomic E-state index is 12.6. The van der Waals surface area contributed by atoms with Crippen LogP contribution in [-0.4, -0.2) is 12.5 Å². The van der Waals surface area contributed by atoms with E-state index >= 15 is 0 Å². The van der Waals surface area contributed by atoms with Crippen LogP contribution >= 0.6 is 0 Å². The van der Waals surface area contributed by atoms with Crippen molar-refractivity contribution in [3.05, 3.63) is 41.7 Å². The average molecular weight is 235 g/mol. The van der Waals surface area contributed by atoms with Crippen molar-refractivity contribution in [2.24, 2.45) is 5.92 Å². The monoisotopic (exact) mass is 235 g/mol. The first-order valence-electron chi connectivity index (χ1n) is 5.79. The number of carbonyl (C=O) groups is 1. The number of halogens is 1. The Morgan fingerprint density at radius 1 is 1.35 bits per heavy atom. The van der Waals surface area contributed by atoms with E-state index in [0.717, 1.165) is 12.0 Å². The molecule has 1 aromatic rings. The van der Waals surface area contributed by atoms with Crippen LogP contribution in [0.15, 0.2) is 30.3 Å². The fourth-order valence-corrected chi connectivity index (χ4v) is 1.29. The fourth-order valence-electron chi connectivity index (χ4n) is 1.29. The van der Waals surface area contributed by atoms with Crippen molar-refractivity contribution < 1.29 is 9.18 Å². The second-order valence-corrected chi connectivity index (χ2v) is 4.36. The summed E-state index contributed by atoms with van der Waals surface area (Å²) in [6.45, 7) is 4.91. The third-order valence-electron chi connectivity index (χ3n) is 2.32. The Bertz CT molecular complexity index is 382. The molecule has 2 nitrogen and oxygen atoms in total.